The van der Waals surface area contributed by atoms with Crippen molar-refractivity contribution in [1.82, 2.24) is 0 Å². The number of unbranched alkanes of at least 4 members (excludes halogenated alkanes) is 1. The largest absolute Gasteiger partial charge is 0.494 e. The van der Waals surface area contributed by atoms with E-state index < -0.39 is 0 Å². The number of hydrogen-bond acceptors (Lipinski definition) is 3. The lowest BCUT2D eigenvalue weighted by molar-refractivity contribution is -0.114. The minimum atomic E-state index is -0.0736. The van der Waals surface area contributed by atoms with Crippen molar-refractivity contribution < 1.29 is 9.53 Å². The number of nitrogens with one attached hydrogen (secondary N) is 2. The third-order valence-electron chi connectivity index (χ3n) is 3.84. The molecular formula is C20H26N2O2. The molecule has 0 fully saturated rings. The molecule has 1 amide bonds. The fourth-order valence-electron chi connectivity index (χ4n) is 2.24. The summed E-state index contributed by atoms with van der Waals surface area (Å²) in [5.74, 6) is 0.749. The maximum atomic E-state index is 12.1. The van der Waals surface area contributed by atoms with E-state index in [9.17, 15) is 4.79 Å². The highest BCUT2D eigenvalue weighted by molar-refractivity contribution is 5.93. The molecule has 0 atom stereocenters. The van der Waals surface area contributed by atoms with Crippen molar-refractivity contribution in [2.45, 2.75) is 33.6 Å². The third-order valence-corrected chi connectivity index (χ3v) is 3.84. The Labute approximate surface area is 144 Å². The summed E-state index contributed by atoms with van der Waals surface area (Å²) >= 11 is 0. The van der Waals surface area contributed by atoms with Gasteiger partial charge in [-0.05, 0) is 55.7 Å². The van der Waals surface area contributed by atoms with E-state index in [0.29, 0.717) is 6.61 Å². The average Bonchev–Trinajstić information content (AvgIpc) is 2.57. The molecule has 2 N–H and O–H groups in total. The summed E-state index contributed by atoms with van der Waals surface area (Å²) in [6.45, 7) is 7.15. The topological polar surface area (TPSA) is 50.4 Å². The molecule has 4 heteroatoms. The first-order valence-corrected chi connectivity index (χ1v) is 8.42. The van der Waals surface area contributed by atoms with Gasteiger partial charge in [0.05, 0.1) is 13.2 Å². The number of amides is 1. The average molecular weight is 326 g/mol. The van der Waals surface area contributed by atoms with Gasteiger partial charge in [-0.2, -0.15) is 0 Å². The molecule has 2 rings (SSSR count). The number of ether oxygens (including phenoxy) is 1. The van der Waals surface area contributed by atoms with Crippen molar-refractivity contribution in [3.63, 3.8) is 0 Å². The van der Waals surface area contributed by atoms with Crippen LogP contribution >= 0.6 is 0 Å². The van der Waals surface area contributed by atoms with Gasteiger partial charge in [-0.25, -0.2) is 0 Å². The predicted molar refractivity (Wildman–Crippen MR) is 99.9 cm³/mol. The molecule has 4 nitrogen and oxygen atoms in total. The molecule has 0 saturated carbocycles. The van der Waals surface area contributed by atoms with Crippen LogP contribution in [0.1, 0.15) is 30.9 Å². The number of rotatable bonds is 8. The molecule has 0 heterocycles. The van der Waals surface area contributed by atoms with Gasteiger partial charge in [0.2, 0.25) is 5.91 Å². The van der Waals surface area contributed by atoms with E-state index in [4.69, 9.17) is 4.74 Å². The molecule has 24 heavy (non-hydrogen) atoms. The first-order chi connectivity index (χ1) is 11.6. The second kappa shape index (κ2) is 8.96. The molecule has 0 aliphatic rings. The third kappa shape index (κ3) is 5.61. The lowest BCUT2D eigenvalue weighted by Gasteiger charge is -2.11. The van der Waals surface area contributed by atoms with E-state index in [0.717, 1.165) is 35.5 Å². The van der Waals surface area contributed by atoms with Gasteiger partial charge in [0.15, 0.2) is 0 Å². The zero-order valence-corrected chi connectivity index (χ0v) is 14.7. The van der Waals surface area contributed by atoms with Gasteiger partial charge >= 0.3 is 0 Å². The summed E-state index contributed by atoms with van der Waals surface area (Å²) in [6.07, 6.45) is 2.15. The minimum absolute atomic E-state index is 0.0736. The summed E-state index contributed by atoms with van der Waals surface area (Å²) in [5, 5.41) is 6.03. The fraction of sp³-hybridized carbons (Fsp3) is 0.350. The summed E-state index contributed by atoms with van der Waals surface area (Å²) in [6, 6.07) is 13.6. The zero-order valence-electron chi connectivity index (χ0n) is 14.7. The van der Waals surface area contributed by atoms with Gasteiger partial charge in [-0.15, -0.1) is 0 Å². The van der Waals surface area contributed by atoms with E-state index in [1.165, 1.54) is 5.56 Å². The molecule has 0 aromatic heterocycles. The highest BCUT2D eigenvalue weighted by atomic mass is 16.5. The van der Waals surface area contributed by atoms with Crippen molar-refractivity contribution >= 4 is 17.3 Å². The van der Waals surface area contributed by atoms with Crippen molar-refractivity contribution in [2.75, 3.05) is 23.8 Å². The lowest BCUT2D eigenvalue weighted by atomic mass is 10.1. The monoisotopic (exact) mass is 326 g/mol. The van der Waals surface area contributed by atoms with Gasteiger partial charge < -0.3 is 15.4 Å². The van der Waals surface area contributed by atoms with Gasteiger partial charge in [0.25, 0.3) is 0 Å². The van der Waals surface area contributed by atoms with Crippen LogP contribution in [0, 0.1) is 13.8 Å². The minimum Gasteiger partial charge on any atom is -0.494 e. The highest BCUT2D eigenvalue weighted by Gasteiger charge is 2.04. The fourth-order valence-corrected chi connectivity index (χ4v) is 2.24. The molecule has 128 valence electrons. The van der Waals surface area contributed by atoms with E-state index in [1.807, 2.05) is 49.4 Å². The molecule has 0 aliphatic heterocycles. The van der Waals surface area contributed by atoms with Crippen molar-refractivity contribution in [3.05, 3.63) is 53.6 Å². The molecule has 0 radical (unpaired) electrons. The van der Waals surface area contributed by atoms with E-state index >= 15 is 0 Å². The number of carbonyl (C=O) groups excluding carboxylic acids is 1. The Balaban J connectivity index is 1.84. The number of anilines is 2. The number of carbonyl (C=O) groups is 1. The van der Waals surface area contributed by atoms with E-state index in [2.05, 4.69) is 24.5 Å². The summed E-state index contributed by atoms with van der Waals surface area (Å²) in [7, 11) is 0. The van der Waals surface area contributed by atoms with Gasteiger partial charge in [-0.1, -0.05) is 25.5 Å². The SMILES string of the molecule is CCCCOc1cccc(NCC(=O)Nc2ccc(C)c(C)c2)c1. The maximum absolute atomic E-state index is 12.1. The summed E-state index contributed by atoms with van der Waals surface area (Å²) in [4.78, 5) is 12.1. The number of hydrogen-bond donors (Lipinski definition) is 2. The standard InChI is InChI=1S/C20H26N2O2/c1-4-5-11-24-19-8-6-7-17(13-19)21-14-20(23)22-18-10-9-15(2)16(3)12-18/h6-10,12-13,21H,4-5,11,14H2,1-3H3,(H,22,23). The first-order valence-electron chi connectivity index (χ1n) is 8.42. The quantitative estimate of drug-likeness (QED) is 0.701. The molecule has 2 aromatic carbocycles. The van der Waals surface area contributed by atoms with E-state index in [1.54, 1.807) is 0 Å². The van der Waals surface area contributed by atoms with Crippen LogP contribution in [0.15, 0.2) is 42.5 Å². The summed E-state index contributed by atoms with van der Waals surface area (Å²) in [5.41, 5.74) is 4.07. The van der Waals surface area contributed by atoms with Crippen LogP contribution in [0.5, 0.6) is 5.75 Å². The molecule has 2 aromatic rings. The Morgan fingerprint density at radius 2 is 1.88 bits per heavy atom. The molecular weight excluding hydrogens is 300 g/mol. The van der Waals surface area contributed by atoms with Crippen LogP contribution in [0.3, 0.4) is 0 Å². The smallest absolute Gasteiger partial charge is 0.243 e. The Kier molecular flexibility index (Phi) is 6.67. The molecule has 0 saturated heterocycles. The van der Waals surface area contributed by atoms with Crippen LogP contribution in [0.4, 0.5) is 11.4 Å². The van der Waals surface area contributed by atoms with Gasteiger partial charge in [0, 0.05) is 17.4 Å². The normalized spacial score (nSPS) is 10.3. The molecule has 0 spiro atoms. The zero-order chi connectivity index (χ0) is 17.4. The Bertz CT molecular complexity index is 683. The second-order valence-corrected chi connectivity index (χ2v) is 5.93. The van der Waals surface area contributed by atoms with Gasteiger partial charge in [-0.3, -0.25) is 4.79 Å². The molecule has 0 aliphatic carbocycles. The summed E-state index contributed by atoms with van der Waals surface area (Å²) < 4.78 is 5.67. The van der Waals surface area contributed by atoms with Crippen molar-refractivity contribution in [1.29, 1.82) is 0 Å². The van der Waals surface area contributed by atoms with Crippen LogP contribution in [0.25, 0.3) is 0 Å². The van der Waals surface area contributed by atoms with Gasteiger partial charge in [0.1, 0.15) is 5.75 Å². The van der Waals surface area contributed by atoms with Crippen LogP contribution in [-0.2, 0) is 4.79 Å². The first kappa shape index (κ1) is 17.9. The number of aryl methyl sites for hydroxylation is 2. The number of benzene rings is 2. The Morgan fingerprint density at radius 1 is 1.04 bits per heavy atom. The lowest BCUT2D eigenvalue weighted by Crippen LogP contribution is -2.21. The van der Waals surface area contributed by atoms with Crippen LogP contribution in [0.2, 0.25) is 0 Å². The second-order valence-electron chi connectivity index (χ2n) is 5.93. The molecule has 0 unspecified atom stereocenters. The highest BCUT2D eigenvalue weighted by Crippen LogP contribution is 2.18. The van der Waals surface area contributed by atoms with Crippen molar-refractivity contribution in [2.24, 2.45) is 0 Å². The maximum Gasteiger partial charge on any atom is 0.243 e. The van der Waals surface area contributed by atoms with E-state index in [-0.39, 0.29) is 12.5 Å². The van der Waals surface area contributed by atoms with Crippen LogP contribution in [-0.4, -0.2) is 19.1 Å². The van der Waals surface area contributed by atoms with Crippen LogP contribution < -0.4 is 15.4 Å². The predicted octanol–water partition coefficient (Wildman–Crippen LogP) is 4.53. The Hall–Kier alpha value is -2.49. The molecule has 0 bridgehead atoms. The Morgan fingerprint density at radius 3 is 2.62 bits per heavy atom. The van der Waals surface area contributed by atoms with Crippen molar-refractivity contribution in [3.8, 4) is 5.75 Å².